The van der Waals surface area contributed by atoms with Gasteiger partial charge in [0.25, 0.3) is 10.0 Å². The molecule has 28 heavy (non-hydrogen) atoms. The van der Waals surface area contributed by atoms with Crippen molar-refractivity contribution in [2.45, 2.75) is 38.5 Å². The molecule has 2 aromatic rings. The maximum Gasteiger partial charge on any atom is 0.264 e. The van der Waals surface area contributed by atoms with Crippen molar-refractivity contribution < 1.29 is 13.2 Å². The molecule has 0 atom stereocenters. The molecular formula is C22H28N2O3S. The molecule has 1 fully saturated rings. The van der Waals surface area contributed by atoms with Crippen molar-refractivity contribution in [2.24, 2.45) is 5.92 Å². The van der Waals surface area contributed by atoms with Gasteiger partial charge in [-0.25, -0.2) is 8.42 Å². The molecule has 1 aliphatic heterocycles. The van der Waals surface area contributed by atoms with Crippen molar-refractivity contribution in [1.29, 1.82) is 0 Å². The molecule has 3 rings (SSSR count). The third-order valence-corrected chi connectivity index (χ3v) is 7.15. The van der Waals surface area contributed by atoms with Crippen LogP contribution in [0.1, 0.15) is 30.9 Å². The van der Waals surface area contributed by atoms with Crippen LogP contribution in [0.4, 0.5) is 5.69 Å². The minimum atomic E-state index is -3.85. The smallest absolute Gasteiger partial charge is 0.264 e. The number of piperidine rings is 1. The van der Waals surface area contributed by atoms with Crippen LogP contribution < -0.4 is 4.31 Å². The number of hydrogen-bond acceptors (Lipinski definition) is 3. The molecule has 5 nitrogen and oxygen atoms in total. The van der Waals surface area contributed by atoms with Gasteiger partial charge in [-0.3, -0.25) is 9.10 Å². The molecule has 0 unspecified atom stereocenters. The number of amides is 1. The van der Waals surface area contributed by atoms with Crippen molar-refractivity contribution in [3.63, 3.8) is 0 Å². The lowest BCUT2D eigenvalue weighted by molar-refractivity contribution is -0.130. The van der Waals surface area contributed by atoms with E-state index >= 15 is 0 Å². The first-order valence-electron chi connectivity index (χ1n) is 9.72. The highest BCUT2D eigenvalue weighted by Crippen LogP contribution is 2.28. The standard InChI is InChI=1S/C22H28N2O3S/c1-17-11-13-23(14-12-17)22(25)16-24(21-15-18(2)9-10-19(21)3)28(26,27)20-7-5-4-6-8-20/h4-10,15,17H,11-14,16H2,1-3H3. The Bertz CT molecular complexity index is 934. The first-order chi connectivity index (χ1) is 13.3. The summed E-state index contributed by atoms with van der Waals surface area (Å²) in [5.41, 5.74) is 2.33. The first-order valence-corrected chi connectivity index (χ1v) is 11.2. The fraction of sp³-hybridized carbons (Fsp3) is 0.409. The quantitative estimate of drug-likeness (QED) is 0.768. The lowest BCUT2D eigenvalue weighted by Gasteiger charge is -2.33. The number of hydrogen-bond donors (Lipinski definition) is 0. The lowest BCUT2D eigenvalue weighted by atomic mass is 9.99. The zero-order valence-corrected chi connectivity index (χ0v) is 17.6. The summed E-state index contributed by atoms with van der Waals surface area (Å²) in [6, 6.07) is 14.0. The lowest BCUT2D eigenvalue weighted by Crippen LogP contribution is -2.46. The first kappa shape index (κ1) is 20.4. The van der Waals surface area contributed by atoms with Crippen LogP contribution in [-0.2, 0) is 14.8 Å². The van der Waals surface area contributed by atoms with Gasteiger partial charge in [-0.15, -0.1) is 0 Å². The number of nitrogens with zero attached hydrogens (tertiary/aromatic N) is 2. The monoisotopic (exact) mass is 400 g/mol. The van der Waals surface area contributed by atoms with E-state index in [0.29, 0.717) is 24.7 Å². The number of likely N-dealkylation sites (tertiary alicyclic amines) is 1. The van der Waals surface area contributed by atoms with Gasteiger partial charge in [0.1, 0.15) is 6.54 Å². The molecule has 1 saturated heterocycles. The second-order valence-electron chi connectivity index (χ2n) is 7.68. The molecule has 0 bridgehead atoms. The third kappa shape index (κ3) is 4.38. The van der Waals surface area contributed by atoms with Crippen molar-refractivity contribution in [1.82, 2.24) is 4.90 Å². The summed E-state index contributed by atoms with van der Waals surface area (Å²) in [4.78, 5) is 15.0. The minimum absolute atomic E-state index is 0.146. The molecular weight excluding hydrogens is 372 g/mol. The van der Waals surface area contributed by atoms with E-state index in [1.54, 1.807) is 35.2 Å². The van der Waals surface area contributed by atoms with Crippen LogP contribution in [-0.4, -0.2) is 38.9 Å². The molecule has 2 aromatic carbocycles. The predicted molar refractivity (Wildman–Crippen MR) is 112 cm³/mol. The van der Waals surface area contributed by atoms with Gasteiger partial charge in [0.2, 0.25) is 5.91 Å². The van der Waals surface area contributed by atoms with Crippen LogP contribution in [0.2, 0.25) is 0 Å². The highest BCUT2D eigenvalue weighted by atomic mass is 32.2. The molecule has 1 amide bonds. The Morgan fingerprint density at radius 3 is 2.36 bits per heavy atom. The second-order valence-corrected chi connectivity index (χ2v) is 9.54. The number of carbonyl (C=O) groups excluding carboxylic acids is 1. The Hall–Kier alpha value is -2.34. The molecule has 1 heterocycles. The largest absolute Gasteiger partial charge is 0.341 e. The fourth-order valence-electron chi connectivity index (χ4n) is 3.49. The van der Waals surface area contributed by atoms with Crippen LogP contribution in [0.5, 0.6) is 0 Å². The molecule has 150 valence electrons. The molecule has 0 radical (unpaired) electrons. The fourth-order valence-corrected chi connectivity index (χ4v) is 4.98. The predicted octanol–water partition coefficient (Wildman–Crippen LogP) is 3.76. The zero-order valence-electron chi connectivity index (χ0n) is 16.8. The van der Waals surface area contributed by atoms with Gasteiger partial charge in [0.05, 0.1) is 10.6 Å². The Kier molecular flexibility index (Phi) is 6.08. The average Bonchev–Trinajstić information content (AvgIpc) is 2.69. The molecule has 0 saturated carbocycles. The molecule has 0 spiro atoms. The Labute approximate surface area is 168 Å². The van der Waals surface area contributed by atoms with E-state index in [9.17, 15) is 13.2 Å². The number of rotatable bonds is 5. The molecule has 0 N–H and O–H groups in total. The van der Waals surface area contributed by atoms with Gasteiger partial charge in [0, 0.05) is 13.1 Å². The average molecular weight is 401 g/mol. The summed E-state index contributed by atoms with van der Waals surface area (Å²) in [6.45, 7) is 7.16. The van der Waals surface area contributed by atoms with E-state index in [4.69, 9.17) is 0 Å². The minimum Gasteiger partial charge on any atom is -0.341 e. The van der Waals surface area contributed by atoms with E-state index < -0.39 is 10.0 Å². The summed E-state index contributed by atoms with van der Waals surface area (Å²) in [5.74, 6) is 0.458. The van der Waals surface area contributed by atoms with Gasteiger partial charge in [-0.1, -0.05) is 37.3 Å². The normalized spacial score (nSPS) is 15.5. The van der Waals surface area contributed by atoms with Crippen LogP contribution >= 0.6 is 0 Å². The van der Waals surface area contributed by atoms with Crippen LogP contribution in [0.3, 0.4) is 0 Å². The third-order valence-electron chi connectivity index (χ3n) is 5.38. The van der Waals surface area contributed by atoms with Gasteiger partial charge in [-0.05, 0) is 61.9 Å². The summed E-state index contributed by atoms with van der Waals surface area (Å²) >= 11 is 0. The Morgan fingerprint density at radius 2 is 1.71 bits per heavy atom. The van der Waals surface area contributed by atoms with Gasteiger partial charge in [0.15, 0.2) is 0 Å². The van der Waals surface area contributed by atoms with Crippen molar-refractivity contribution in [3.8, 4) is 0 Å². The molecule has 0 aromatic heterocycles. The molecule has 1 aliphatic rings. The number of anilines is 1. The SMILES string of the molecule is Cc1ccc(C)c(N(CC(=O)N2CCC(C)CC2)S(=O)(=O)c2ccccc2)c1. The summed E-state index contributed by atoms with van der Waals surface area (Å²) in [5, 5.41) is 0. The Morgan fingerprint density at radius 1 is 1.07 bits per heavy atom. The van der Waals surface area contributed by atoms with Gasteiger partial charge < -0.3 is 4.90 Å². The van der Waals surface area contributed by atoms with E-state index in [1.807, 2.05) is 32.0 Å². The number of aryl methyl sites for hydroxylation is 2. The van der Waals surface area contributed by atoms with Crippen LogP contribution in [0.15, 0.2) is 53.4 Å². The van der Waals surface area contributed by atoms with E-state index in [-0.39, 0.29) is 17.3 Å². The summed E-state index contributed by atoms with van der Waals surface area (Å²) in [7, 11) is -3.85. The number of carbonyl (C=O) groups is 1. The molecule has 6 heteroatoms. The van der Waals surface area contributed by atoms with Gasteiger partial charge in [-0.2, -0.15) is 0 Å². The van der Waals surface area contributed by atoms with Crippen LogP contribution in [0, 0.1) is 19.8 Å². The Balaban J connectivity index is 1.98. The van der Waals surface area contributed by atoms with E-state index in [1.165, 1.54) is 4.31 Å². The van der Waals surface area contributed by atoms with Gasteiger partial charge >= 0.3 is 0 Å². The summed E-state index contributed by atoms with van der Waals surface area (Å²) in [6.07, 6.45) is 1.92. The highest BCUT2D eigenvalue weighted by Gasteiger charge is 2.30. The van der Waals surface area contributed by atoms with Crippen LogP contribution in [0.25, 0.3) is 0 Å². The zero-order chi connectivity index (χ0) is 20.3. The second kappa shape index (κ2) is 8.35. The highest BCUT2D eigenvalue weighted by molar-refractivity contribution is 7.92. The maximum absolute atomic E-state index is 13.4. The van der Waals surface area contributed by atoms with E-state index in [0.717, 1.165) is 24.0 Å². The van der Waals surface area contributed by atoms with Crippen molar-refractivity contribution >= 4 is 21.6 Å². The molecule has 0 aliphatic carbocycles. The maximum atomic E-state index is 13.4. The summed E-state index contributed by atoms with van der Waals surface area (Å²) < 4.78 is 28.1. The topological polar surface area (TPSA) is 57.7 Å². The number of benzene rings is 2. The number of sulfonamides is 1. The van der Waals surface area contributed by atoms with E-state index in [2.05, 4.69) is 6.92 Å². The van der Waals surface area contributed by atoms with Crippen molar-refractivity contribution in [2.75, 3.05) is 23.9 Å². The van der Waals surface area contributed by atoms with Crippen molar-refractivity contribution in [3.05, 3.63) is 59.7 Å².